The van der Waals surface area contributed by atoms with Crippen LogP contribution in [-0.2, 0) is 67.1 Å². The maximum absolute atomic E-state index is 11.5. The molecule has 4 aliphatic heterocycles. The van der Waals surface area contributed by atoms with Gasteiger partial charge in [-0.3, -0.25) is 39.6 Å². The number of hydrogen-bond acceptors (Lipinski definition) is 34. The average molecular weight is 1650 g/mol. The summed E-state index contributed by atoms with van der Waals surface area (Å²) < 4.78 is 105. The summed E-state index contributed by atoms with van der Waals surface area (Å²) in [5.41, 5.74) is 7.77. The quantitative estimate of drug-likeness (QED) is 0.0281. The van der Waals surface area contributed by atoms with E-state index in [4.69, 9.17) is 79.1 Å². The molecule has 43 nitrogen and oxygen atoms in total. The molecular weight excluding hydrogens is 1580 g/mol. The van der Waals surface area contributed by atoms with E-state index in [1.807, 2.05) is 47.3 Å². The van der Waals surface area contributed by atoms with Crippen LogP contribution in [0.3, 0.4) is 0 Å². The van der Waals surface area contributed by atoms with E-state index < -0.39 is 30.7 Å². The predicted octanol–water partition coefficient (Wildman–Crippen LogP) is -12.6. The number of pyridine rings is 2. The molecule has 1 aromatic carbocycles. The first-order valence-corrected chi connectivity index (χ1v) is 31.5. The number of aromatic nitrogens is 2. The Bertz CT molecular complexity index is 2760. The minimum absolute atomic E-state index is 0. The van der Waals surface area contributed by atoms with Crippen LogP contribution in [0.25, 0.3) is 0 Å². The number of para-hydroxylation sites is 1. The molecule has 3 aromatic rings. The predicted molar refractivity (Wildman–Crippen MR) is 290 cm³/mol. The fraction of sp³-hybridized carbons (Fsp3) is 0.587. The van der Waals surface area contributed by atoms with Crippen molar-refractivity contribution in [3.05, 3.63) is 125 Å². The van der Waals surface area contributed by atoms with Crippen LogP contribution in [0.5, 0.6) is 5.75 Å². The molecule has 0 saturated carbocycles. The molecule has 2 aromatic heterocycles. The van der Waals surface area contributed by atoms with Crippen molar-refractivity contribution in [2.75, 3.05) is 157 Å². The Morgan fingerprint density at radius 3 is 1.14 bits per heavy atom. The van der Waals surface area contributed by atoms with Gasteiger partial charge in [0.2, 0.25) is 5.28 Å². The molecule has 4 aliphatic rings. The van der Waals surface area contributed by atoms with E-state index >= 15 is 0 Å². The summed E-state index contributed by atoms with van der Waals surface area (Å²) in [5, 5.41) is 109. The number of rotatable bonds is 19. The first-order valence-electron chi connectivity index (χ1n) is 27.4. The maximum atomic E-state index is 11.5. The SMILES string of the molecule is CC(C)n1cccc(C=NCCN2CCN([N+]([O-])=N[O-])CC2)c1=S.NCCN1CCN([N+]([O-])=N[O-])CC1.[Cu+2].[Cu+2].[Ni+2].[Ni+2].[O-]N=[N+]([O-])N1CCN(CCN=Cc2ccccc2[O-])CC1.[O-][Cl+3]([O-])([O-])[O-].[O-][Cl+3]([O-])([O-])[O-].[O-][Cl+3]([O-])([O-])[O-].[O-][N+](=NO)N1CCN(CCN=Cc2ccccn2)CC1. The van der Waals surface area contributed by atoms with Crippen LogP contribution in [0, 0.1) is 71.8 Å². The van der Waals surface area contributed by atoms with Gasteiger partial charge in [0, 0.05) is 143 Å². The van der Waals surface area contributed by atoms with Crippen molar-refractivity contribution >= 4 is 30.9 Å². The molecule has 560 valence electrons. The fourth-order valence-electron chi connectivity index (χ4n) is 8.08. The summed E-state index contributed by atoms with van der Waals surface area (Å²) in [4.78, 5) is 26.5. The second-order valence-corrected chi connectivity index (χ2v) is 21.8. The summed E-state index contributed by atoms with van der Waals surface area (Å²) in [6.45, 7) is 19.9. The van der Waals surface area contributed by atoms with Crippen LogP contribution in [0.1, 0.15) is 36.7 Å². The summed E-state index contributed by atoms with van der Waals surface area (Å²) in [6, 6.07) is 16.7. The van der Waals surface area contributed by atoms with Crippen LogP contribution in [0.15, 0.2) is 103 Å². The van der Waals surface area contributed by atoms with Gasteiger partial charge in [0.15, 0.2) is 0 Å². The third-order valence-corrected chi connectivity index (χ3v) is 13.0. The van der Waals surface area contributed by atoms with Crippen molar-refractivity contribution in [3.8, 4) is 5.75 Å². The Kier molecular flexibility index (Phi) is 55.2. The fourth-order valence-corrected chi connectivity index (χ4v) is 8.47. The van der Waals surface area contributed by atoms with E-state index in [-0.39, 0.29) is 92.7 Å². The molecule has 0 bridgehead atoms. The van der Waals surface area contributed by atoms with E-state index in [0.717, 1.165) is 81.3 Å². The Hall–Kier alpha value is -5.23. The van der Waals surface area contributed by atoms with E-state index in [1.54, 1.807) is 36.8 Å². The molecule has 6 heterocycles. The van der Waals surface area contributed by atoms with Crippen LogP contribution in [0.2, 0.25) is 0 Å². The average Bonchev–Trinajstić information content (AvgIpc) is 0.875. The maximum Gasteiger partial charge on any atom is 2.00 e. The number of halogens is 3. The van der Waals surface area contributed by atoms with Crippen molar-refractivity contribution in [2.45, 2.75) is 19.9 Å². The van der Waals surface area contributed by atoms with Gasteiger partial charge in [0.1, 0.15) is 4.64 Å². The number of nitrogens with two attached hydrogens (primary N) is 1. The molecular formula is C46H72Cl3Cu2N22Ni2O21S+. The van der Waals surface area contributed by atoms with Gasteiger partial charge in [-0.15, -0.1) is 56.5 Å². The zero-order valence-electron chi connectivity index (χ0n) is 51.5. The molecule has 0 aliphatic carbocycles. The molecule has 2 radical (unpaired) electrons. The minimum Gasteiger partial charge on any atom is -0.872 e. The second-order valence-electron chi connectivity index (χ2n) is 19.1. The van der Waals surface area contributed by atoms with Crippen molar-refractivity contribution in [2.24, 2.45) is 41.8 Å². The third-order valence-electron chi connectivity index (χ3n) is 12.6. The monoisotopic (exact) mass is 1650 g/mol. The molecule has 7 rings (SSSR count). The van der Waals surface area contributed by atoms with Crippen LogP contribution >= 0.6 is 12.2 Å². The van der Waals surface area contributed by atoms with Crippen molar-refractivity contribution in [1.82, 2.24) is 49.2 Å². The molecule has 3 N–H and O–H groups in total. The van der Waals surface area contributed by atoms with Gasteiger partial charge in [-0.2, -0.15) is 0 Å². The van der Waals surface area contributed by atoms with Crippen molar-refractivity contribution < 1.29 is 184 Å². The van der Waals surface area contributed by atoms with Gasteiger partial charge >= 0.3 is 67.1 Å². The summed E-state index contributed by atoms with van der Waals surface area (Å²) in [6.07, 6.45) is 8.90. The molecule has 0 atom stereocenters. The van der Waals surface area contributed by atoms with Crippen LogP contribution in [-0.4, -0.2) is 250 Å². The van der Waals surface area contributed by atoms with Crippen molar-refractivity contribution in [3.63, 3.8) is 0 Å². The number of hydrogen-bond donors (Lipinski definition) is 2. The summed E-state index contributed by atoms with van der Waals surface area (Å²) in [7, 11) is -14.8. The number of hydrazine groups is 4. The number of piperazine rings is 4. The second kappa shape index (κ2) is 54.6. The normalized spacial score (nSPS) is 16.3. The van der Waals surface area contributed by atoms with E-state index in [2.05, 4.69) is 74.5 Å². The van der Waals surface area contributed by atoms with E-state index in [9.17, 15) is 41.6 Å². The molecule has 0 unspecified atom stereocenters. The largest absolute Gasteiger partial charge is 2.00 e. The topological polar surface area (TPSA) is 650 Å². The smallest absolute Gasteiger partial charge is 0.872 e. The molecule has 0 spiro atoms. The van der Waals surface area contributed by atoms with Gasteiger partial charge in [-0.1, -0.05) is 42.5 Å². The first kappa shape index (κ1) is 98.1. The third kappa shape index (κ3) is 49.9. The van der Waals surface area contributed by atoms with Gasteiger partial charge in [-0.05, 0) is 59.5 Å². The Labute approximate surface area is 609 Å². The van der Waals surface area contributed by atoms with Gasteiger partial charge < -0.3 is 57.1 Å². The van der Waals surface area contributed by atoms with E-state index in [0.29, 0.717) is 103 Å². The Morgan fingerprint density at radius 2 is 0.825 bits per heavy atom. The zero-order valence-corrected chi connectivity index (χ0v) is 58.4. The van der Waals surface area contributed by atoms with Gasteiger partial charge in [-0.25, -0.2) is 55.9 Å². The molecule has 4 saturated heterocycles. The zero-order chi connectivity index (χ0) is 70.0. The Balaban J connectivity index is -0.000000553. The Morgan fingerprint density at radius 1 is 0.505 bits per heavy atom. The first-order chi connectivity index (χ1) is 43.8. The molecule has 0 amide bonds. The molecule has 97 heavy (non-hydrogen) atoms. The number of benzene rings is 1. The van der Waals surface area contributed by atoms with Crippen LogP contribution in [0.4, 0.5) is 0 Å². The summed E-state index contributed by atoms with van der Waals surface area (Å²) >= 11 is 5.48. The standard InChI is InChI=1S/C15H24N6O2S.C13H19N5O3.C12H18N6O2.C6H15N5O2.3ClHO4.2Cu.2Ni/c1-13(2)20-6-3-4-14(15(20)24)12-16-5-7-18-8-10-19(11-9-18)21(23)17-22;19-13-4-2-1-3-12(13)11-14-5-6-16-7-9-17(10-8-16)18(21)15-20;19-15-18(20)17-9-7-16(8-10-17)6-5-13-11-12-3-1-2-4-14-12;7-1-2-9-3-5-10(6-4-9)11(13)8-12;3*2-1(3,4)5;;;;/h3-4,6,12-13,22H,5,7-11H2,1-2H3;1-4,11,19-20H,5-10H2;1-4,11,19H,5-10H2;12H,1-7H2;3*(H,2,3,4,5);;;;/q;;;;;;;4*+2/p-7. The van der Waals surface area contributed by atoms with Crippen LogP contribution < -0.4 is 66.7 Å². The summed E-state index contributed by atoms with van der Waals surface area (Å²) in [5.74, 6) is -0.0354. The minimum atomic E-state index is -4.94. The molecule has 51 heteroatoms. The van der Waals surface area contributed by atoms with Gasteiger partial charge in [0.05, 0.1) is 82.7 Å². The van der Waals surface area contributed by atoms with Crippen molar-refractivity contribution in [1.29, 1.82) is 0 Å². The number of nitrogens with zero attached hydrogens (tertiary/aromatic N) is 21. The number of aliphatic imine (C=N–C) groups is 3. The molecule has 4 fully saturated rings. The van der Waals surface area contributed by atoms with Gasteiger partial charge in [0.25, 0.3) is 0 Å². The van der Waals surface area contributed by atoms with E-state index in [1.165, 1.54) is 26.1 Å².